The van der Waals surface area contributed by atoms with E-state index in [9.17, 15) is 4.79 Å². The largest absolute Gasteiger partial charge is 0.299 e. The van der Waals surface area contributed by atoms with Crippen LogP contribution in [0.4, 0.5) is 0 Å². The van der Waals surface area contributed by atoms with Gasteiger partial charge in [-0.05, 0) is 31.6 Å². The van der Waals surface area contributed by atoms with Gasteiger partial charge in [-0.2, -0.15) is 0 Å². The molecule has 0 aliphatic heterocycles. The lowest BCUT2D eigenvalue weighted by Gasteiger charge is -2.34. The van der Waals surface area contributed by atoms with E-state index in [1.165, 1.54) is 6.42 Å². The van der Waals surface area contributed by atoms with Crippen LogP contribution >= 0.6 is 11.6 Å². The maximum atomic E-state index is 11.9. The van der Waals surface area contributed by atoms with E-state index < -0.39 is 0 Å². The number of carbonyl (C=O) groups is 1. The van der Waals surface area contributed by atoms with E-state index in [1.54, 1.807) is 0 Å². The van der Waals surface area contributed by atoms with Gasteiger partial charge in [-0.15, -0.1) is 11.6 Å². The number of fused-ring (bicyclic) bond motifs is 2. The summed E-state index contributed by atoms with van der Waals surface area (Å²) in [5, 5.41) is 0. The Balaban J connectivity index is 2.23. The van der Waals surface area contributed by atoms with Gasteiger partial charge in [-0.25, -0.2) is 0 Å². The average Bonchev–Trinajstić information content (AvgIpc) is 2.46. The first kappa shape index (κ1) is 8.55. The van der Waals surface area contributed by atoms with E-state index in [0.29, 0.717) is 17.6 Å². The van der Waals surface area contributed by atoms with Gasteiger partial charge in [0, 0.05) is 17.2 Å². The third-order valence-corrected chi connectivity index (χ3v) is 4.13. The summed E-state index contributed by atoms with van der Waals surface area (Å²) in [4.78, 5) is 11.9. The Labute approximate surface area is 78.5 Å². The predicted octanol–water partition coefficient (Wildman–Crippen LogP) is 2.62. The molecule has 1 nitrogen and oxygen atoms in total. The molecule has 0 radical (unpaired) electrons. The zero-order chi connectivity index (χ0) is 8.77. The number of halogens is 1. The molecule has 0 N–H and O–H groups in total. The second kappa shape index (κ2) is 2.73. The lowest BCUT2D eigenvalue weighted by molar-refractivity contribution is -0.133. The molecule has 0 unspecified atom stereocenters. The van der Waals surface area contributed by atoms with Crippen LogP contribution in [0.15, 0.2) is 0 Å². The fourth-order valence-electron chi connectivity index (χ4n) is 2.85. The van der Waals surface area contributed by atoms with Crippen molar-refractivity contribution in [3.8, 4) is 0 Å². The molecule has 12 heavy (non-hydrogen) atoms. The quantitative estimate of drug-likeness (QED) is 0.576. The van der Waals surface area contributed by atoms with Gasteiger partial charge in [0.2, 0.25) is 0 Å². The Bertz CT molecular complexity index is 214. The molecule has 2 heteroatoms. The zero-order valence-corrected chi connectivity index (χ0v) is 8.23. The molecule has 3 atom stereocenters. The smallest absolute Gasteiger partial charge is 0.143 e. The molecule has 0 amide bonds. The van der Waals surface area contributed by atoms with E-state index in [4.69, 9.17) is 11.6 Å². The van der Waals surface area contributed by atoms with Gasteiger partial charge < -0.3 is 0 Å². The van der Waals surface area contributed by atoms with Gasteiger partial charge in [0.25, 0.3) is 0 Å². The molecule has 2 bridgehead atoms. The van der Waals surface area contributed by atoms with Crippen molar-refractivity contribution < 1.29 is 4.79 Å². The fourth-order valence-corrected chi connectivity index (χ4v) is 3.09. The second-order valence-corrected chi connectivity index (χ2v) is 4.91. The van der Waals surface area contributed by atoms with Crippen LogP contribution in [0.2, 0.25) is 0 Å². The van der Waals surface area contributed by atoms with Crippen LogP contribution < -0.4 is 0 Å². The number of carbonyl (C=O) groups excluding carboxylic acids is 1. The molecule has 0 aromatic rings. The van der Waals surface area contributed by atoms with Gasteiger partial charge in [-0.3, -0.25) is 4.79 Å². The van der Waals surface area contributed by atoms with E-state index >= 15 is 0 Å². The summed E-state index contributed by atoms with van der Waals surface area (Å²) in [6.07, 6.45) is 4.55. The molecule has 0 spiro atoms. The van der Waals surface area contributed by atoms with Crippen molar-refractivity contribution in [1.29, 1.82) is 0 Å². The van der Waals surface area contributed by atoms with Gasteiger partial charge in [0.15, 0.2) is 0 Å². The number of alkyl halides is 1. The molecule has 0 aromatic heterocycles. The summed E-state index contributed by atoms with van der Waals surface area (Å²) in [6, 6.07) is 0. The first-order chi connectivity index (χ1) is 5.65. The summed E-state index contributed by atoms with van der Waals surface area (Å²) in [6.45, 7) is 2.03. The van der Waals surface area contributed by atoms with Crippen LogP contribution in [0.25, 0.3) is 0 Å². The minimum absolute atomic E-state index is 0.189. The molecule has 2 fully saturated rings. The topological polar surface area (TPSA) is 17.1 Å². The molecule has 2 aliphatic rings. The standard InChI is InChI=1S/C10H15ClO/c1-10(6-11)5-7-2-3-8(4-7)9(10)12/h7-8H,2-6H2,1H3/t7-,8+,10-/m0/s1. The van der Waals surface area contributed by atoms with Crippen molar-refractivity contribution in [2.45, 2.75) is 32.6 Å². The van der Waals surface area contributed by atoms with Crippen LogP contribution in [0.5, 0.6) is 0 Å². The molecule has 68 valence electrons. The number of ketones is 1. The van der Waals surface area contributed by atoms with Gasteiger partial charge in [0.1, 0.15) is 5.78 Å². The molecule has 0 saturated heterocycles. The van der Waals surface area contributed by atoms with Gasteiger partial charge >= 0.3 is 0 Å². The van der Waals surface area contributed by atoms with E-state index in [2.05, 4.69) is 0 Å². The Morgan fingerprint density at radius 2 is 2.33 bits per heavy atom. The fraction of sp³-hybridized carbons (Fsp3) is 0.900. The highest BCUT2D eigenvalue weighted by molar-refractivity contribution is 6.20. The Kier molecular flexibility index (Phi) is 1.95. The summed E-state index contributed by atoms with van der Waals surface area (Å²) >= 11 is 5.85. The molecule has 2 rings (SSSR count). The highest BCUT2D eigenvalue weighted by atomic mass is 35.5. The normalized spacial score (nSPS) is 46.7. The second-order valence-electron chi connectivity index (χ2n) is 4.64. The SMILES string of the molecule is C[C@@]1(CCl)C[C@H]2CC[C@H](C2)C1=O. The minimum atomic E-state index is -0.189. The molecule has 0 aromatic carbocycles. The summed E-state index contributed by atoms with van der Waals surface area (Å²) in [5.41, 5.74) is -0.189. The van der Waals surface area contributed by atoms with Crippen molar-refractivity contribution in [3.05, 3.63) is 0 Å². The first-order valence-electron chi connectivity index (χ1n) is 4.76. The number of hydrogen-bond acceptors (Lipinski definition) is 1. The number of hydrogen-bond donors (Lipinski definition) is 0. The van der Waals surface area contributed by atoms with Gasteiger partial charge in [-0.1, -0.05) is 6.92 Å². The van der Waals surface area contributed by atoms with Crippen LogP contribution in [0.3, 0.4) is 0 Å². The lowest BCUT2D eigenvalue weighted by Crippen LogP contribution is -2.38. The number of Topliss-reactive ketones (excluding diaryl/α,β-unsaturated/α-hetero) is 1. The van der Waals surface area contributed by atoms with E-state index in [0.717, 1.165) is 25.2 Å². The summed E-state index contributed by atoms with van der Waals surface area (Å²) in [5.74, 6) is 2.09. The van der Waals surface area contributed by atoms with Crippen molar-refractivity contribution in [1.82, 2.24) is 0 Å². The maximum Gasteiger partial charge on any atom is 0.143 e. The Morgan fingerprint density at radius 3 is 3.00 bits per heavy atom. The first-order valence-corrected chi connectivity index (χ1v) is 5.29. The van der Waals surface area contributed by atoms with E-state index in [1.807, 2.05) is 6.92 Å². The maximum absolute atomic E-state index is 11.9. The lowest BCUT2D eigenvalue weighted by atomic mass is 9.70. The minimum Gasteiger partial charge on any atom is -0.299 e. The monoisotopic (exact) mass is 186 g/mol. The van der Waals surface area contributed by atoms with Crippen LogP contribution in [-0.4, -0.2) is 11.7 Å². The Hall–Kier alpha value is -0.0400. The highest BCUT2D eigenvalue weighted by Crippen LogP contribution is 2.48. The summed E-state index contributed by atoms with van der Waals surface area (Å²) in [7, 11) is 0. The van der Waals surface area contributed by atoms with E-state index in [-0.39, 0.29) is 5.41 Å². The van der Waals surface area contributed by atoms with Crippen molar-refractivity contribution in [2.75, 3.05) is 5.88 Å². The summed E-state index contributed by atoms with van der Waals surface area (Å²) < 4.78 is 0. The third-order valence-electron chi connectivity index (χ3n) is 3.54. The zero-order valence-electron chi connectivity index (χ0n) is 7.48. The molecular weight excluding hydrogens is 172 g/mol. The van der Waals surface area contributed by atoms with Crippen molar-refractivity contribution in [2.24, 2.45) is 17.3 Å². The van der Waals surface area contributed by atoms with Crippen LogP contribution in [-0.2, 0) is 4.79 Å². The Morgan fingerprint density at radius 1 is 1.58 bits per heavy atom. The molecule has 0 heterocycles. The number of rotatable bonds is 1. The highest BCUT2D eigenvalue weighted by Gasteiger charge is 2.47. The third kappa shape index (κ3) is 1.10. The van der Waals surface area contributed by atoms with Gasteiger partial charge in [0.05, 0.1) is 0 Å². The van der Waals surface area contributed by atoms with Crippen molar-refractivity contribution >= 4 is 17.4 Å². The molecular formula is C10H15ClO. The van der Waals surface area contributed by atoms with Crippen LogP contribution in [0.1, 0.15) is 32.6 Å². The average molecular weight is 187 g/mol. The molecule has 2 saturated carbocycles. The predicted molar refractivity (Wildman–Crippen MR) is 49.3 cm³/mol. The van der Waals surface area contributed by atoms with Crippen molar-refractivity contribution in [3.63, 3.8) is 0 Å². The van der Waals surface area contributed by atoms with Crippen LogP contribution in [0, 0.1) is 17.3 Å². The molecule has 2 aliphatic carbocycles.